The summed E-state index contributed by atoms with van der Waals surface area (Å²) in [6.45, 7) is 2.86. The molecule has 0 bridgehead atoms. The lowest BCUT2D eigenvalue weighted by atomic mass is 9.93. The van der Waals surface area contributed by atoms with Gasteiger partial charge in [0.1, 0.15) is 0 Å². The summed E-state index contributed by atoms with van der Waals surface area (Å²) in [5.41, 5.74) is 3.74. The van der Waals surface area contributed by atoms with Crippen molar-refractivity contribution in [2.45, 2.75) is 32.0 Å². The average molecular weight is 294 g/mol. The van der Waals surface area contributed by atoms with E-state index in [2.05, 4.69) is 28.4 Å². The van der Waals surface area contributed by atoms with E-state index in [-0.39, 0.29) is 18.0 Å². The van der Waals surface area contributed by atoms with Crippen LogP contribution in [0.2, 0.25) is 0 Å². The maximum atomic E-state index is 12.6. The minimum absolute atomic E-state index is 0.0271. The molecule has 0 saturated heterocycles. The highest BCUT2D eigenvalue weighted by molar-refractivity contribution is 5.82. The van der Waals surface area contributed by atoms with E-state index < -0.39 is 0 Å². The molecule has 2 unspecified atom stereocenters. The number of nitrogens with one attached hydrogen (secondary N) is 1. The molecule has 2 atom stereocenters. The third kappa shape index (κ3) is 3.04. The Balaban J connectivity index is 1.70. The van der Waals surface area contributed by atoms with Crippen LogP contribution in [0.1, 0.15) is 29.7 Å². The topological polar surface area (TPSA) is 32.3 Å². The zero-order chi connectivity index (χ0) is 15.5. The van der Waals surface area contributed by atoms with Crippen LogP contribution in [0.25, 0.3) is 0 Å². The molecule has 3 nitrogen and oxygen atoms in total. The molecule has 114 valence electrons. The van der Waals surface area contributed by atoms with Gasteiger partial charge in [0.2, 0.25) is 5.91 Å². The number of likely N-dealkylation sites (N-methyl/N-ethyl adjacent to an activating group) is 1. The first-order chi connectivity index (χ1) is 10.6. The second-order valence-electron chi connectivity index (χ2n) is 6.04. The summed E-state index contributed by atoms with van der Waals surface area (Å²) in [5.74, 6) is 0.105. The lowest BCUT2D eigenvalue weighted by Gasteiger charge is -2.33. The van der Waals surface area contributed by atoms with E-state index in [0.29, 0.717) is 0 Å². The second-order valence-corrected chi connectivity index (χ2v) is 6.04. The minimum atomic E-state index is -0.0962. The van der Waals surface area contributed by atoms with Gasteiger partial charge in [0, 0.05) is 6.54 Å². The normalized spacial score (nSPS) is 19.3. The summed E-state index contributed by atoms with van der Waals surface area (Å²) >= 11 is 0. The monoisotopic (exact) mass is 294 g/mol. The number of hydrogen-bond acceptors (Lipinski definition) is 2. The Morgan fingerprint density at radius 3 is 2.45 bits per heavy atom. The number of rotatable bonds is 3. The first-order valence-electron chi connectivity index (χ1n) is 7.77. The fourth-order valence-corrected chi connectivity index (χ4v) is 3.08. The van der Waals surface area contributed by atoms with Crippen molar-refractivity contribution < 1.29 is 4.79 Å². The second kappa shape index (κ2) is 6.32. The van der Waals surface area contributed by atoms with Gasteiger partial charge in [-0.3, -0.25) is 9.69 Å². The lowest BCUT2D eigenvalue weighted by molar-refractivity contribution is -0.127. The van der Waals surface area contributed by atoms with Crippen LogP contribution in [0.3, 0.4) is 0 Å². The Kier molecular flexibility index (Phi) is 4.25. The van der Waals surface area contributed by atoms with Gasteiger partial charge in [-0.25, -0.2) is 0 Å². The lowest BCUT2D eigenvalue weighted by Crippen LogP contribution is -2.49. The van der Waals surface area contributed by atoms with E-state index in [0.717, 1.165) is 18.5 Å². The molecule has 1 N–H and O–H groups in total. The number of fused-ring (bicyclic) bond motifs is 1. The van der Waals surface area contributed by atoms with Crippen molar-refractivity contribution in [2.75, 3.05) is 7.05 Å². The molecule has 3 heteroatoms. The van der Waals surface area contributed by atoms with E-state index in [9.17, 15) is 4.79 Å². The molecule has 2 aromatic carbocycles. The third-order valence-corrected chi connectivity index (χ3v) is 4.44. The first-order valence-corrected chi connectivity index (χ1v) is 7.77. The molecule has 22 heavy (non-hydrogen) atoms. The number of benzene rings is 2. The summed E-state index contributed by atoms with van der Waals surface area (Å²) in [7, 11) is 2.02. The van der Waals surface area contributed by atoms with Crippen LogP contribution in [0.5, 0.6) is 0 Å². The van der Waals surface area contributed by atoms with Crippen LogP contribution in [0, 0.1) is 0 Å². The molecule has 0 aliphatic carbocycles. The highest BCUT2D eigenvalue weighted by atomic mass is 16.2. The third-order valence-electron chi connectivity index (χ3n) is 4.44. The van der Waals surface area contributed by atoms with Crippen LogP contribution in [0.4, 0.5) is 0 Å². The highest BCUT2D eigenvalue weighted by Crippen LogP contribution is 2.22. The Labute approximate surface area is 132 Å². The molecule has 1 amide bonds. The largest absolute Gasteiger partial charge is 0.348 e. The number of amides is 1. The maximum Gasteiger partial charge on any atom is 0.238 e. The Hall–Kier alpha value is -2.13. The van der Waals surface area contributed by atoms with Crippen molar-refractivity contribution in [3.63, 3.8) is 0 Å². The van der Waals surface area contributed by atoms with Gasteiger partial charge in [-0.15, -0.1) is 0 Å². The Bertz CT molecular complexity index is 653. The predicted molar refractivity (Wildman–Crippen MR) is 88.4 cm³/mol. The van der Waals surface area contributed by atoms with Gasteiger partial charge >= 0.3 is 0 Å². The molecule has 1 heterocycles. The molecule has 0 fully saturated rings. The molecule has 1 aliphatic rings. The quantitative estimate of drug-likeness (QED) is 0.944. The van der Waals surface area contributed by atoms with Crippen molar-refractivity contribution in [3.05, 3.63) is 71.3 Å². The molecule has 0 spiro atoms. The van der Waals surface area contributed by atoms with Crippen molar-refractivity contribution in [1.29, 1.82) is 0 Å². The summed E-state index contributed by atoms with van der Waals surface area (Å²) in [6.07, 6.45) is 0.778. The van der Waals surface area contributed by atoms with Gasteiger partial charge in [0.25, 0.3) is 0 Å². The van der Waals surface area contributed by atoms with E-state index in [1.165, 1.54) is 11.1 Å². The molecule has 0 aromatic heterocycles. The Morgan fingerprint density at radius 2 is 1.73 bits per heavy atom. The molecule has 3 rings (SSSR count). The van der Waals surface area contributed by atoms with Crippen molar-refractivity contribution in [2.24, 2.45) is 0 Å². The van der Waals surface area contributed by atoms with Gasteiger partial charge in [-0.2, -0.15) is 0 Å². The first kappa shape index (κ1) is 14.8. The smallest absolute Gasteiger partial charge is 0.238 e. The molecule has 2 aromatic rings. The molecular weight excluding hydrogens is 272 g/mol. The van der Waals surface area contributed by atoms with Crippen molar-refractivity contribution in [3.8, 4) is 0 Å². The van der Waals surface area contributed by atoms with Crippen LogP contribution in [-0.2, 0) is 17.8 Å². The van der Waals surface area contributed by atoms with Crippen molar-refractivity contribution >= 4 is 5.91 Å². The van der Waals surface area contributed by atoms with Crippen LogP contribution < -0.4 is 5.32 Å². The summed E-state index contributed by atoms with van der Waals surface area (Å²) < 4.78 is 0. The maximum absolute atomic E-state index is 12.6. The van der Waals surface area contributed by atoms with Gasteiger partial charge in [-0.1, -0.05) is 54.6 Å². The predicted octanol–water partition coefficient (Wildman–Crippen LogP) is 2.92. The highest BCUT2D eigenvalue weighted by Gasteiger charge is 2.29. The fraction of sp³-hybridized carbons (Fsp3) is 0.316. The summed E-state index contributed by atoms with van der Waals surface area (Å²) in [5, 5.41) is 3.15. The molecule has 0 radical (unpaired) electrons. The van der Waals surface area contributed by atoms with E-state index in [4.69, 9.17) is 0 Å². The summed E-state index contributed by atoms with van der Waals surface area (Å²) in [4.78, 5) is 14.8. The molecule has 1 aliphatic heterocycles. The van der Waals surface area contributed by atoms with E-state index in [1.807, 2.05) is 50.4 Å². The van der Waals surface area contributed by atoms with Gasteiger partial charge in [0.05, 0.1) is 12.1 Å². The Morgan fingerprint density at radius 1 is 1.09 bits per heavy atom. The number of carbonyl (C=O) groups excluding carboxylic acids is 1. The van der Waals surface area contributed by atoms with Gasteiger partial charge < -0.3 is 5.32 Å². The number of carbonyl (C=O) groups is 1. The standard InChI is InChI=1S/C19H22N2O/c1-14(15-8-4-3-5-9-15)20-19(22)18-12-16-10-6-7-11-17(16)13-21(18)2/h3-11,14,18H,12-13H2,1-2H3,(H,20,22). The van der Waals surface area contributed by atoms with Gasteiger partial charge in [-0.05, 0) is 37.1 Å². The van der Waals surface area contributed by atoms with Crippen LogP contribution >= 0.6 is 0 Å². The minimum Gasteiger partial charge on any atom is -0.348 e. The number of nitrogens with zero attached hydrogens (tertiary/aromatic N) is 1. The van der Waals surface area contributed by atoms with E-state index >= 15 is 0 Å². The number of hydrogen-bond donors (Lipinski definition) is 1. The fourth-order valence-electron chi connectivity index (χ4n) is 3.08. The molecular formula is C19H22N2O. The van der Waals surface area contributed by atoms with Crippen LogP contribution in [-0.4, -0.2) is 23.9 Å². The zero-order valence-electron chi connectivity index (χ0n) is 13.1. The summed E-state index contributed by atoms with van der Waals surface area (Å²) in [6, 6.07) is 18.4. The van der Waals surface area contributed by atoms with Crippen LogP contribution in [0.15, 0.2) is 54.6 Å². The van der Waals surface area contributed by atoms with Crippen molar-refractivity contribution in [1.82, 2.24) is 10.2 Å². The SMILES string of the molecule is CC(NC(=O)C1Cc2ccccc2CN1C)c1ccccc1. The van der Waals surface area contributed by atoms with Gasteiger partial charge in [0.15, 0.2) is 0 Å². The molecule has 0 saturated carbocycles. The van der Waals surface area contributed by atoms with E-state index in [1.54, 1.807) is 0 Å². The average Bonchev–Trinajstić information content (AvgIpc) is 2.54. The zero-order valence-corrected chi connectivity index (χ0v) is 13.1.